The molecule has 23 heavy (non-hydrogen) atoms. The van der Waals surface area contributed by atoms with Crippen LogP contribution in [0.2, 0.25) is 0 Å². The highest BCUT2D eigenvalue weighted by Crippen LogP contribution is 2.33. The lowest BCUT2D eigenvalue weighted by Gasteiger charge is -2.21. The number of hydrogen-bond donors (Lipinski definition) is 3. The Morgan fingerprint density at radius 2 is 2.09 bits per heavy atom. The van der Waals surface area contributed by atoms with E-state index in [9.17, 15) is 5.26 Å². The summed E-state index contributed by atoms with van der Waals surface area (Å²) >= 11 is 0. The molecule has 114 valence electrons. The third kappa shape index (κ3) is 2.89. The molecule has 5 nitrogen and oxygen atoms in total. The Bertz CT molecular complexity index is 839. The maximum absolute atomic E-state index is 9.49. The van der Waals surface area contributed by atoms with Crippen molar-refractivity contribution in [2.45, 2.75) is 13.0 Å². The highest BCUT2D eigenvalue weighted by Gasteiger charge is 2.21. The molecule has 2 aromatic rings. The molecule has 0 saturated carbocycles. The highest BCUT2D eigenvalue weighted by molar-refractivity contribution is 5.79. The number of nitrogens with one attached hydrogen (secondary N) is 1. The third-order valence-electron chi connectivity index (χ3n) is 3.85. The number of nitrogen functional groups attached to an aromatic ring is 1. The van der Waals surface area contributed by atoms with E-state index in [0.717, 1.165) is 40.9 Å². The minimum absolute atomic E-state index is 0.166. The number of nitrogens with zero attached hydrogens (tertiary/aromatic N) is 2. The van der Waals surface area contributed by atoms with Crippen molar-refractivity contribution in [2.24, 2.45) is 0 Å². The van der Waals surface area contributed by atoms with E-state index in [1.165, 1.54) is 0 Å². The molecule has 1 aromatic carbocycles. The molecule has 0 amide bonds. The van der Waals surface area contributed by atoms with E-state index in [0.29, 0.717) is 12.1 Å². The second-order valence-corrected chi connectivity index (χ2v) is 5.25. The lowest BCUT2D eigenvalue weighted by atomic mass is 9.91. The molecule has 0 aliphatic carbocycles. The number of nitrogens with two attached hydrogens (primary N) is 1. The Hall–Kier alpha value is -2.86. The lowest BCUT2D eigenvalue weighted by molar-refractivity contribution is 0.350. The van der Waals surface area contributed by atoms with Gasteiger partial charge >= 0.3 is 0 Å². The van der Waals surface area contributed by atoms with Gasteiger partial charge in [-0.3, -0.25) is 0 Å². The molecule has 2 heterocycles. The minimum Gasteiger partial charge on any atom is -0.384 e. The number of rotatable bonds is 1. The first-order valence-corrected chi connectivity index (χ1v) is 7.36. The predicted octanol–water partition coefficient (Wildman–Crippen LogP) is 1.19. The van der Waals surface area contributed by atoms with Gasteiger partial charge in [0.2, 0.25) is 0 Å². The van der Waals surface area contributed by atoms with Gasteiger partial charge in [0.15, 0.2) is 0 Å². The Kier molecular flexibility index (Phi) is 4.25. The highest BCUT2D eigenvalue weighted by atomic mass is 16.2. The summed E-state index contributed by atoms with van der Waals surface area (Å²) in [5, 5.41) is 21.6. The first-order valence-electron chi connectivity index (χ1n) is 7.36. The van der Waals surface area contributed by atoms with Gasteiger partial charge in [-0.25, -0.2) is 4.98 Å². The normalized spacial score (nSPS) is 12.7. The summed E-state index contributed by atoms with van der Waals surface area (Å²) < 4.78 is 0. The van der Waals surface area contributed by atoms with Crippen molar-refractivity contribution < 1.29 is 5.11 Å². The van der Waals surface area contributed by atoms with Gasteiger partial charge in [0, 0.05) is 36.3 Å². The average Bonchev–Trinajstić information content (AvgIpc) is 2.59. The van der Waals surface area contributed by atoms with Gasteiger partial charge in [-0.1, -0.05) is 24.0 Å². The number of anilines is 1. The Labute approximate surface area is 134 Å². The number of pyridine rings is 1. The van der Waals surface area contributed by atoms with E-state index in [4.69, 9.17) is 10.8 Å². The minimum atomic E-state index is -0.166. The van der Waals surface area contributed by atoms with Gasteiger partial charge in [0.25, 0.3) is 0 Å². The summed E-state index contributed by atoms with van der Waals surface area (Å²) in [7, 11) is 0. The van der Waals surface area contributed by atoms with Gasteiger partial charge in [-0.15, -0.1) is 0 Å². The number of benzene rings is 1. The van der Waals surface area contributed by atoms with Crippen LogP contribution in [0.1, 0.15) is 22.4 Å². The maximum atomic E-state index is 9.49. The topological polar surface area (TPSA) is 95.0 Å². The van der Waals surface area contributed by atoms with E-state index in [2.05, 4.69) is 28.2 Å². The fraction of sp³-hybridized carbons (Fsp3) is 0.222. The van der Waals surface area contributed by atoms with E-state index in [-0.39, 0.29) is 12.4 Å². The van der Waals surface area contributed by atoms with E-state index in [1.54, 1.807) is 0 Å². The molecule has 3 rings (SSSR count). The maximum Gasteiger partial charge on any atom is 0.142 e. The van der Waals surface area contributed by atoms with Crippen molar-refractivity contribution in [1.29, 1.82) is 5.26 Å². The van der Waals surface area contributed by atoms with Crippen molar-refractivity contribution in [3.8, 4) is 29.0 Å². The Morgan fingerprint density at radius 3 is 2.78 bits per heavy atom. The van der Waals surface area contributed by atoms with Gasteiger partial charge in [-0.05, 0) is 23.3 Å². The third-order valence-corrected chi connectivity index (χ3v) is 3.85. The van der Waals surface area contributed by atoms with Crippen LogP contribution < -0.4 is 11.1 Å². The molecule has 0 spiro atoms. The monoisotopic (exact) mass is 304 g/mol. The van der Waals surface area contributed by atoms with Crippen LogP contribution >= 0.6 is 0 Å². The molecule has 0 saturated heterocycles. The summed E-state index contributed by atoms with van der Waals surface area (Å²) in [4.78, 5) is 4.39. The van der Waals surface area contributed by atoms with Crippen LogP contribution in [0, 0.1) is 23.2 Å². The van der Waals surface area contributed by atoms with E-state index in [1.807, 2.05) is 24.3 Å². The van der Waals surface area contributed by atoms with Crippen molar-refractivity contribution in [3.63, 3.8) is 0 Å². The van der Waals surface area contributed by atoms with Crippen molar-refractivity contribution in [3.05, 3.63) is 46.6 Å². The average molecular weight is 304 g/mol. The fourth-order valence-corrected chi connectivity index (χ4v) is 2.80. The number of aliphatic hydroxyl groups excluding tert-OH is 1. The molecule has 5 heteroatoms. The van der Waals surface area contributed by atoms with Crippen LogP contribution in [0.3, 0.4) is 0 Å². The number of aliphatic hydroxyl groups is 1. The molecule has 1 aliphatic heterocycles. The van der Waals surface area contributed by atoms with Gasteiger partial charge in [-0.2, -0.15) is 5.26 Å². The number of aromatic nitrogens is 1. The molecule has 0 radical (unpaired) electrons. The summed E-state index contributed by atoms with van der Waals surface area (Å²) in [5.41, 5.74) is 11.0. The van der Waals surface area contributed by atoms with Crippen molar-refractivity contribution >= 4 is 5.82 Å². The summed E-state index contributed by atoms with van der Waals surface area (Å²) in [6, 6.07) is 9.78. The molecule has 0 bridgehead atoms. The van der Waals surface area contributed by atoms with E-state index >= 15 is 0 Å². The summed E-state index contributed by atoms with van der Waals surface area (Å²) in [6.45, 7) is 1.37. The van der Waals surface area contributed by atoms with Crippen LogP contribution in [-0.2, 0) is 13.0 Å². The zero-order chi connectivity index (χ0) is 16.2. The zero-order valence-electron chi connectivity index (χ0n) is 12.6. The molecule has 0 atom stereocenters. The molecular formula is C18H16N4O. The van der Waals surface area contributed by atoms with E-state index < -0.39 is 0 Å². The van der Waals surface area contributed by atoms with Gasteiger partial charge < -0.3 is 16.2 Å². The first-order chi connectivity index (χ1) is 11.2. The van der Waals surface area contributed by atoms with Crippen LogP contribution in [0.4, 0.5) is 5.82 Å². The van der Waals surface area contributed by atoms with Crippen LogP contribution in [0.25, 0.3) is 11.1 Å². The number of fused-ring (bicyclic) bond motifs is 1. The number of nitriles is 1. The van der Waals surface area contributed by atoms with Gasteiger partial charge in [0.05, 0.1) is 0 Å². The summed E-state index contributed by atoms with van der Waals surface area (Å²) in [6.07, 6.45) is 0.804. The largest absolute Gasteiger partial charge is 0.384 e. The SMILES string of the molecule is N#Cc1c(N)nc2c(c1-c1ccc(C#CCO)cc1)CNCC2. The molecule has 0 unspecified atom stereocenters. The Balaban J connectivity index is 2.15. The molecular weight excluding hydrogens is 288 g/mol. The second kappa shape index (κ2) is 6.50. The smallest absolute Gasteiger partial charge is 0.142 e. The quantitative estimate of drug-likeness (QED) is 0.688. The standard InChI is InChI=1S/C18H16N4O/c19-10-14-17(13-5-3-12(4-6-13)2-1-9-23)15-11-21-8-7-16(15)22-18(14)20/h3-6,21,23H,7-9,11H2,(H2,20,22). The Morgan fingerprint density at radius 1 is 1.30 bits per heavy atom. The molecule has 0 fully saturated rings. The van der Waals surface area contributed by atoms with Crippen LogP contribution in [-0.4, -0.2) is 23.2 Å². The van der Waals surface area contributed by atoms with Crippen LogP contribution in [0.15, 0.2) is 24.3 Å². The lowest BCUT2D eigenvalue weighted by Crippen LogP contribution is -2.26. The second-order valence-electron chi connectivity index (χ2n) is 5.25. The zero-order valence-corrected chi connectivity index (χ0v) is 12.6. The number of hydrogen-bond acceptors (Lipinski definition) is 5. The van der Waals surface area contributed by atoms with Crippen LogP contribution in [0.5, 0.6) is 0 Å². The molecule has 1 aromatic heterocycles. The first kappa shape index (κ1) is 15.1. The predicted molar refractivity (Wildman–Crippen MR) is 88.2 cm³/mol. The fourth-order valence-electron chi connectivity index (χ4n) is 2.80. The van der Waals surface area contributed by atoms with Crippen molar-refractivity contribution in [2.75, 3.05) is 18.9 Å². The molecule has 1 aliphatic rings. The van der Waals surface area contributed by atoms with Gasteiger partial charge in [0.1, 0.15) is 24.1 Å². The molecule has 4 N–H and O–H groups in total. The van der Waals surface area contributed by atoms with Crippen molar-refractivity contribution in [1.82, 2.24) is 10.3 Å². The summed E-state index contributed by atoms with van der Waals surface area (Å²) in [5.74, 6) is 5.76.